The average Bonchev–Trinajstić information content (AvgIpc) is 2.37. The van der Waals surface area contributed by atoms with E-state index in [2.05, 4.69) is 0 Å². The number of benzene rings is 1. The van der Waals surface area contributed by atoms with Gasteiger partial charge in [-0.15, -0.1) is 0 Å². The third kappa shape index (κ3) is 4.91. The van der Waals surface area contributed by atoms with E-state index in [1.54, 1.807) is 43.3 Å². The number of hydrogen-bond donors (Lipinski definition) is 1. The standard InChI is InChI=1S/C15H22N2O3/c1-4-8-17(11-15(20)16(2)3)14(19)10-12-6-5-7-13(18)9-12/h5-7,9,18H,4,8,10-11H2,1-3H3. The molecule has 0 fully saturated rings. The SMILES string of the molecule is CCCN(CC(=O)N(C)C)C(=O)Cc1cccc(O)c1. The highest BCUT2D eigenvalue weighted by Gasteiger charge is 2.17. The Hall–Kier alpha value is -2.04. The van der Waals surface area contributed by atoms with E-state index in [-0.39, 0.29) is 30.5 Å². The fourth-order valence-electron chi connectivity index (χ4n) is 1.82. The van der Waals surface area contributed by atoms with Crippen molar-refractivity contribution < 1.29 is 14.7 Å². The first-order chi connectivity index (χ1) is 9.43. The summed E-state index contributed by atoms with van der Waals surface area (Å²) in [4.78, 5) is 27.0. The van der Waals surface area contributed by atoms with Crippen LogP contribution in [0.4, 0.5) is 0 Å². The van der Waals surface area contributed by atoms with Crippen molar-refractivity contribution in [1.82, 2.24) is 9.80 Å². The predicted octanol–water partition coefficient (Wildman–Crippen LogP) is 1.26. The van der Waals surface area contributed by atoms with Crippen LogP contribution in [0.25, 0.3) is 0 Å². The Morgan fingerprint density at radius 2 is 1.90 bits per heavy atom. The molecule has 0 aliphatic carbocycles. The Labute approximate surface area is 119 Å². The molecule has 2 amide bonds. The van der Waals surface area contributed by atoms with Crippen molar-refractivity contribution in [3.05, 3.63) is 29.8 Å². The molecular formula is C15H22N2O3. The van der Waals surface area contributed by atoms with Crippen molar-refractivity contribution in [3.8, 4) is 5.75 Å². The largest absolute Gasteiger partial charge is 0.508 e. The normalized spacial score (nSPS) is 10.2. The molecule has 5 heteroatoms. The van der Waals surface area contributed by atoms with Gasteiger partial charge in [-0.1, -0.05) is 19.1 Å². The lowest BCUT2D eigenvalue weighted by molar-refractivity contribution is -0.138. The summed E-state index contributed by atoms with van der Waals surface area (Å²) in [5.74, 6) is -0.0583. The number of hydrogen-bond acceptors (Lipinski definition) is 3. The van der Waals surface area contributed by atoms with Crippen LogP contribution in [0, 0.1) is 0 Å². The molecule has 0 unspecified atom stereocenters. The van der Waals surface area contributed by atoms with Crippen LogP contribution in [0.3, 0.4) is 0 Å². The maximum absolute atomic E-state index is 12.2. The van der Waals surface area contributed by atoms with Gasteiger partial charge >= 0.3 is 0 Å². The highest BCUT2D eigenvalue weighted by Crippen LogP contribution is 2.12. The lowest BCUT2D eigenvalue weighted by Crippen LogP contribution is -2.41. The summed E-state index contributed by atoms with van der Waals surface area (Å²) in [5.41, 5.74) is 0.744. The van der Waals surface area contributed by atoms with Crippen LogP contribution in [-0.4, -0.2) is 53.9 Å². The number of carbonyl (C=O) groups is 2. The summed E-state index contributed by atoms with van der Waals surface area (Å²) in [6.07, 6.45) is 0.988. The molecule has 20 heavy (non-hydrogen) atoms. The second-order valence-corrected chi connectivity index (χ2v) is 4.95. The maximum Gasteiger partial charge on any atom is 0.241 e. The molecule has 0 radical (unpaired) electrons. The van der Waals surface area contributed by atoms with Crippen LogP contribution in [0.1, 0.15) is 18.9 Å². The fourth-order valence-corrected chi connectivity index (χ4v) is 1.82. The number of carbonyl (C=O) groups excluding carboxylic acids is 2. The zero-order chi connectivity index (χ0) is 15.1. The quantitative estimate of drug-likeness (QED) is 0.852. The van der Waals surface area contributed by atoms with Gasteiger partial charge in [-0.25, -0.2) is 0 Å². The molecule has 0 spiro atoms. The lowest BCUT2D eigenvalue weighted by atomic mass is 10.1. The van der Waals surface area contributed by atoms with Gasteiger partial charge in [0.15, 0.2) is 0 Å². The van der Waals surface area contributed by atoms with E-state index in [0.29, 0.717) is 6.54 Å². The Kier molecular flexibility index (Phi) is 6.03. The minimum Gasteiger partial charge on any atom is -0.508 e. The number of rotatable bonds is 6. The summed E-state index contributed by atoms with van der Waals surface area (Å²) < 4.78 is 0. The van der Waals surface area contributed by atoms with Crippen molar-refractivity contribution in [2.75, 3.05) is 27.2 Å². The van der Waals surface area contributed by atoms with Gasteiger partial charge in [0.2, 0.25) is 11.8 Å². The molecule has 0 aromatic heterocycles. The van der Waals surface area contributed by atoms with Gasteiger partial charge < -0.3 is 14.9 Å². The molecule has 0 aliphatic rings. The van der Waals surface area contributed by atoms with Gasteiger partial charge in [0.25, 0.3) is 0 Å². The van der Waals surface area contributed by atoms with E-state index in [0.717, 1.165) is 12.0 Å². The summed E-state index contributed by atoms with van der Waals surface area (Å²) in [6.45, 7) is 2.62. The molecule has 1 N–H and O–H groups in total. The number of phenolic OH excluding ortho intramolecular Hbond substituents is 1. The van der Waals surface area contributed by atoms with Crippen LogP contribution in [-0.2, 0) is 16.0 Å². The van der Waals surface area contributed by atoms with Gasteiger partial charge in [-0.3, -0.25) is 9.59 Å². The molecule has 0 saturated carbocycles. The Bertz CT molecular complexity index is 472. The Morgan fingerprint density at radius 1 is 1.20 bits per heavy atom. The summed E-state index contributed by atoms with van der Waals surface area (Å²) in [5, 5.41) is 9.40. The molecule has 0 bridgehead atoms. The number of nitrogens with zero attached hydrogens (tertiary/aromatic N) is 2. The van der Waals surface area contributed by atoms with Gasteiger partial charge in [-0.05, 0) is 24.1 Å². The second kappa shape index (κ2) is 7.53. The molecule has 0 saturated heterocycles. The molecule has 0 atom stereocenters. The summed E-state index contributed by atoms with van der Waals surface area (Å²) >= 11 is 0. The van der Waals surface area contributed by atoms with Crippen LogP contribution in [0.2, 0.25) is 0 Å². The van der Waals surface area contributed by atoms with Gasteiger partial charge in [0, 0.05) is 20.6 Å². The second-order valence-electron chi connectivity index (χ2n) is 4.95. The van der Waals surface area contributed by atoms with Crippen molar-refractivity contribution in [2.24, 2.45) is 0 Å². The summed E-state index contributed by atoms with van der Waals surface area (Å²) in [6, 6.07) is 6.62. The fraction of sp³-hybridized carbons (Fsp3) is 0.467. The third-order valence-corrected chi connectivity index (χ3v) is 2.94. The summed E-state index contributed by atoms with van der Waals surface area (Å²) in [7, 11) is 3.35. The zero-order valence-corrected chi connectivity index (χ0v) is 12.3. The highest BCUT2D eigenvalue weighted by atomic mass is 16.3. The van der Waals surface area contributed by atoms with Crippen LogP contribution >= 0.6 is 0 Å². The van der Waals surface area contributed by atoms with E-state index in [1.165, 1.54) is 4.90 Å². The third-order valence-electron chi connectivity index (χ3n) is 2.94. The van der Waals surface area contributed by atoms with Crippen molar-refractivity contribution >= 4 is 11.8 Å². The number of amides is 2. The number of aromatic hydroxyl groups is 1. The average molecular weight is 278 g/mol. The van der Waals surface area contributed by atoms with Crippen LogP contribution in [0.5, 0.6) is 5.75 Å². The number of likely N-dealkylation sites (N-methyl/N-ethyl adjacent to an activating group) is 1. The van der Waals surface area contributed by atoms with Gasteiger partial charge in [0.1, 0.15) is 5.75 Å². The smallest absolute Gasteiger partial charge is 0.241 e. The van der Waals surface area contributed by atoms with E-state index < -0.39 is 0 Å². The molecule has 110 valence electrons. The predicted molar refractivity (Wildman–Crippen MR) is 77.4 cm³/mol. The highest BCUT2D eigenvalue weighted by molar-refractivity contribution is 5.85. The van der Waals surface area contributed by atoms with Crippen LogP contribution < -0.4 is 0 Å². The maximum atomic E-state index is 12.2. The van der Waals surface area contributed by atoms with E-state index in [4.69, 9.17) is 0 Å². The minimum atomic E-state index is -0.104. The van der Waals surface area contributed by atoms with Gasteiger partial charge in [-0.2, -0.15) is 0 Å². The van der Waals surface area contributed by atoms with E-state index >= 15 is 0 Å². The van der Waals surface area contributed by atoms with Crippen molar-refractivity contribution in [1.29, 1.82) is 0 Å². The van der Waals surface area contributed by atoms with Crippen LogP contribution in [0.15, 0.2) is 24.3 Å². The lowest BCUT2D eigenvalue weighted by Gasteiger charge is -2.23. The first-order valence-electron chi connectivity index (χ1n) is 6.70. The zero-order valence-electron chi connectivity index (χ0n) is 12.3. The van der Waals surface area contributed by atoms with E-state index in [9.17, 15) is 14.7 Å². The molecule has 1 aromatic carbocycles. The first kappa shape index (κ1) is 16.0. The first-order valence-corrected chi connectivity index (χ1v) is 6.70. The van der Waals surface area contributed by atoms with Crippen molar-refractivity contribution in [3.63, 3.8) is 0 Å². The monoisotopic (exact) mass is 278 g/mol. The number of phenols is 1. The topological polar surface area (TPSA) is 60.9 Å². The Morgan fingerprint density at radius 3 is 2.45 bits per heavy atom. The minimum absolute atomic E-state index is 0.0947. The molecular weight excluding hydrogens is 256 g/mol. The van der Waals surface area contributed by atoms with E-state index in [1.807, 2.05) is 6.92 Å². The molecule has 1 aromatic rings. The Balaban J connectivity index is 2.71. The molecule has 0 heterocycles. The molecule has 5 nitrogen and oxygen atoms in total. The van der Waals surface area contributed by atoms with Gasteiger partial charge in [0.05, 0.1) is 13.0 Å². The van der Waals surface area contributed by atoms with Crippen molar-refractivity contribution in [2.45, 2.75) is 19.8 Å². The molecule has 1 rings (SSSR count). The molecule has 0 aliphatic heterocycles.